The first kappa shape index (κ1) is 12.8. The van der Waals surface area contributed by atoms with Crippen LogP contribution in [0.3, 0.4) is 0 Å². The number of alkyl halides is 2. The van der Waals surface area contributed by atoms with Crippen molar-refractivity contribution in [2.24, 2.45) is 0 Å². The summed E-state index contributed by atoms with van der Waals surface area (Å²) in [7, 11) is 1.09. The van der Waals surface area contributed by atoms with Crippen LogP contribution in [-0.2, 0) is 4.74 Å². The Balaban J connectivity index is 3.55. The smallest absolute Gasteiger partial charge is 0.338 e. The molecule has 0 aliphatic rings. The van der Waals surface area contributed by atoms with E-state index in [0.29, 0.717) is 0 Å². The zero-order valence-electron chi connectivity index (χ0n) is 8.74. The molecule has 0 saturated carbocycles. The number of halogens is 2. The molecule has 0 saturated heterocycles. The molecular formula is C11H7F2NO3. The van der Waals surface area contributed by atoms with Gasteiger partial charge in [0.05, 0.1) is 18.2 Å². The van der Waals surface area contributed by atoms with Crippen molar-refractivity contribution in [1.29, 1.82) is 5.26 Å². The molecule has 4 nitrogen and oxygen atoms in total. The molecule has 0 aliphatic carbocycles. The quantitative estimate of drug-likeness (QED) is 0.598. The molecule has 0 bridgehead atoms. The van der Waals surface area contributed by atoms with E-state index in [-0.39, 0.29) is 17.4 Å². The van der Waals surface area contributed by atoms with Gasteiger partial charge in [0.1, 0.15) is 6.07 Å². The largest absolute Gasteiger partial charge is 0.465 e. The molecule has 1 aromatic rings. The van der Waals surface area contributed by atoms with Crippen molar-refractivity contribution in [3.63, 3.8) is 0 Å². The van der Waals surface area contributed by atoms with Gasteiger partial charge in [0.2, 0.25) is 0 Å². The van der Waals surface area contributed by atoms with Crippen LogP contribution in [0.5, 0.6) is 0 Å². The lowest BCUT2D eigenvalue weighted by Crippen LogP contribution is -2.09. The number of carbonyl (C=O) groups excluding carboxylic acids is 2. The number of esters is 1. The van der Waals surface area contributed by atoms with Crippen molar-refractivity contribution in [3.8, 4) is 6.07 Å². The van der Waals surface area contributed by atoms with Gasteiger partial charge in [-0.1, -0.05) is 6.07 Å². The predicted molar refractivity (Wildman–Crippen MR) is 52.8 cm³/mol. The van der Waals surface area contributed by atoms with Crippen LogP contribution in [0.1, 0.15) is 38.3 Å². The molecule has 88 valence electrons. The minimum absolute atomic E-state index is 0.191. The van der Waals surface area contributed by atoms with Gasteiger partial charge >= 0.3 is 5.97 Å². The van der Waals surface area contributed by atoms with Gasteiger partial charge in [-0.3, -0.25) is 4.79 Å². The minimum atomic E-state index is -2.89. The third kappa shape index (κ3) is 2.28. The minimum Gasteiger partial charge on any atom is -0.465 e. The van der Waals surface area contributed by atoms with E-state index in [1.54, 1.807) is 0 Å². The number of carbonyl (C=O) groups is 2. The summed E-state index contributed by atoms with van der Waals surface area (Å²) in [6.07, 6.45) is -2.70. The summed E-state index contributed by atoms with van der Waals surface area (Å²) in [6.45, 7) is 0. The van der Waals surface area contributed by atoms with Crippen molar-refractivity contribution in [1.82, 2.24) is 0 Å². The number of hydrogen-bond donors (Lipinski definition) is 0. The summed E-state index contributed by atoms with van der Waals surface area (Å²) in [5, 5.41) is 8.76. The summed E-state index contributed by atoms with van der Waals surface area (Å²) in [5.74, 6) is -0.857. The van der Waals surface area contributed by atoms with Crippen LogP contribution in [0, 0.1) is 11.3 Å². The number of nitrogens with zero attached hydrogens (tertiary/aromatic N) is 1. The number of aldehydes is 1. The van der Waals surface area contributed by atoms with Crippen molar-refractivity contribution < 1.29 is 23.1 Å². The first-order chi connectivity index (χ1) is 8.06. The van der Waals surface area contributed by atoms with Crippen molar-refractivity contribution >= 4 is 12.3 Å². The molecule has 0 fully saturated rings. The number of nitriles is 1. The number of hydrogen-bond acceptors (Lipinski definition) is 4. The second-order valence-electron chi connectivity index (χ2n) is 3.01. The van der Waals surface area contributed by atoms with Gasteiger partial charge in [0.25, 0.3) is 6.43 Å². The van der Waals surface area contributed by atoms with Crippen LogP contribution in [0.15, 0.2) is 12.1 Å². The molecule has 0 radical (unpaired) electrons. The van der Waals surface area contributed by atoms with E-state index in [9.17, 15) is 18.4 Å². The second kappa shape index (κ2) is 5.16. The standard InChI is InChI=1S/C11H7F2NO3/c1-17-11(16)7-3-2-6(10(12)13)8(4-14)9(7)5-15/h2-3,5,10H,1H3. The van der Waals surface area contributed by atoms with Gasteiger partial charge in [-0.25, -0.2) is 13.6 Å². The summed E-state index contributed by atoms with van der Waals surface area (Å²) >= 11 is 0. The SMILES string of the molecule is COC(=O)c1ccc(C(F)F)c(C#N)c1C=O. The van der Waals surface area contributed by atoms with E-state index in [1.807, 2.05) is 0 Å². The normalized spacial score (nSPS) is 9.82. The van der Waals surface area contributed by atoms with E-state index >= 15 is 0 Å². The Hall–Kier alpha value is -2.29. The lowest BCUT2D eigenvalue weighted by Gasteiger charge is -2.08. The number of rotatable bonds is 3. The summed E-state index contributed by atoms with van der Waals surface area (Å²) in [6, 6.07) is 3.47. The highest BCUT2D eigenvalue weighted by molar-refractivity contribution is 6.00. The van der Waals surface area contributed by atoms with Crippen LogP contribution >= 0.6 is 0 Å². The summed E-state index contributed by atoms with van der Waals surface area (Å²) in [4.78, 5) is 22.1. The first-order valence-corrected chi connectivity index (χ1v) is 4.45. The third-order valence-electron chi connectivity index (χ3n) is 2.15. The Labute approximate surface area is 95.4 Å². The Morgan fingerprint density at radius 2 is 2.18 bits per heavy atom. The number of ether oxygens (including phenoxy) is 1. The highest BCUT2D eigenvalue weighted by Crippen LogP contribution is 2.26. The zero-order valence-corrected chi connectivity index (χ0v) is 8.74. The van der Waals surface area contributed by atoms with E-state index in [1.165, 1.54) is 6.07 Å². The number of benzene rings is 1. The second-order valence-corrected chi connectivity index (χ2v) is 3.01. The molecule has 0 aliphatic heterocycles. The van der Waals surface area contributed by atoms with Crippen molar-refractivity contribution in [3.05, 3.63) is 34.4 Å². The summed E-state index contributed by atoms with van der Waals surface area (Å²) in [5.41, 5.74) is -1.67. The molecule has 17 heavy (non-hydrogen) atoms. The van der Waals surface area contributed by atoms with Crippen LogP contribution in [0.25, 0.3) is 0 Å². The van der Waals surface area contributed by atoms with Crippen LogP contribution in [0.2, 0.25) is 0 Å². The fraction of sp³-hybridized carbons (Fsp3) is 0.182. The predicted octanol–water partition coefficient (Wildman–Crippen LogP) is 2.09. The number of methoxy groups -OCH3 is 1. The van der Waals surface area contributed by atoms with Gasteiger partial charge < -0.3 is 4.74 Å². The Morgan fingerprint density at radius 3 is 2.59 bits per heavy atom. The van der Waals surface area contributed by atoms with E-state index in [0.717, 1.165) is 19.2 Å². The van der Waals surface area contributed by atoms with E-state index in [2.05, 4.69) is 4.74 Å². The molecule has 0 amide bonds. The monoisotopic (exact) mass is 239 g/mol. The molecule has 0 unspecified atom stereocenters. The van der Waals surface area contributed by atoms with Crippen LogP contribution in [0.4, 0.5) is 8.78 Å². The van der Waals surface area contributed by atoms with Crippen molar-refractivity contribution in [2.45, 2.75) is 6.43 Å². The van der Waals surface area contributed by atoms with Gasteiger partial charge in [-0.05, 0) is 6.07 Å². The molecule has 0 N–H and O–H groups in total. The maximum atomic E-state index is 12.6. The van der Waals surface area contributed by atoms with Gasteiger partial charge in [-0.2, -0.15) is 5.26 Å². The van der Waals surface area contributed by atoms with Crippen LogP contribution < -0.4 is 0 Å². The van der Waals surface area contributed by atoms with Gasteiger partial charge in [0.15, 0.2) is 6.29 Å². The molecule has 0 atom stereocenters. The fourth-order valence-corrected chi connectivity index (χ4v) is 1.35. The van der Waals surface area contributed by atoms with Gasteiger partial charge in [-0.15, -0.1) is 0 Å². The molecular weight excluding hydrogens is 232 g/mol. The summed E-state index contributed by atoms with van der Waals surface area (Å²) < 4.78 is 29.5. The van der Waals surface area contributed by atoms with E-state index < -0.39 is 23.5 Å². The Kier molecular flexibility index (Phi) is 3.88. The maximum absolute atomic E-state index is 12.6. The highest BCUT2D eigenvalue weighted by Gasteiger charge is 2.22. The molecule has 0 heterocycles. The fourth-order valence-electron chi connectivity index (χ4n) is 1.35. The average Bonchev–Trinajstić information content (AvgIpc) is 2.35. The van der Waals surface area contributed by atoms with Gasteiger partial charge in [0, 0.05) is 11.1 Å². The highest BCUT2D eigenvalue weighted by atomic mass is 19.3. The van der Waals surface area contributed by atoms with E-state index in [4.69, 9.17) is 5.26 Å². The molecule has 1 aromatic carbocycles. The first-order valence-electron chi connectivity index (χ1n) is 4.45. The topological polar surface area (TPSA) is 67.2 Å². The maximum Gasteiger partial charge on any atom is 0.338 e. The zero-order chi connectivity index (χ0) is 13.0. The van der Waals surface area contributed by atoms with Crippen LogP contribution in [-0.4, -0.2) is 19.4 Å². The molecule has 1 rings (SSSR count). The molecule has 0 aromatic heterocycles. The van der Waals surface area contributed by atoms with Crippen molar-refractivity contribution in [2.75, 3.05) is 7.11 Å². The lowest BCUT2D eigenvalue weighted by atomic mass is 9.97. The average molecular weight is 239 g/mol. The third-order valence-corrected chi connectivity index (χ3v) is 2.15. The lowest BCUT2D eigenvalue weighted by molar-refractivity contribution is 0.0598. The molecule has 0 spiro atoms. The Bertz CT molecular complexity index is 506. The Morgan fingerprint density at radius 1 is 1.53 bits per heavy atom. The molecule has 6 heteroatoms.